The highest BCUT2D eigenvalue weighted by atomic mass is 19.1. The van der Waals surface area contributed by atoms with Crippen LogP contribution in [0.1, 0.15) is 19.4 Å². The molecular formula is C10H14FNO. The zero-order chi connectivity index (χ0) is 9.90. The van der Waals surface area contributed by atoms with Crippen molar-refractivity contribution >= 4 is 0 Å². The summed E-state index contributed by atoms with van der Waals surface area (Å²) in [6.07, 6.45) is 1.47. The maximum absolute atomic E-state index is 12.8. The Morgan fingerprint density at radius 2 is 2.23 bits per heavy atom. The zero-order valence-electron chi connectivity index (χ0n) is 8.17. The third-order valence-electron chi connectivity index (χ3n) is 2.01. The van der Waals surface area contributed by atoms with Gasteiger partial charge < -0.3 is 4.74 Å². The molecule has 0 saturated heterocycles. The number of aromatic nitrogens is 1. The summed E-state index contributed by atoms with van der Waals surface area (Å²) in [6.45, 7) is 4.58. The molecule has 0 aliphatic rings. The summed E-state index contributed by atoms with van der Waals surface area (Å²) in [4.78, 5) is 3.51. The fourth-order valence-electron chi connectivity index (χ4n) is 1.27. The summed E-state index contributed by atoms with van der Waals surface area (Å²) in [7, 11) is 1.64. The van der Waals surface area contributed by atoms with Gasteiger partial charge in [-0.1, -0.05) is 13.8 Å². The Kier molecular flexibility index (Phi) is 2.98. The minimum atomic E-state index is -0.443. The van der Waals surface area contributed by atoms with E-state index >= 15 is 0 Å². The lowest BCUT2D eigenvalue weighted by Crippen LogP contribution is -2.23. The first-order valence-corrected chi connectivity index (χ1v) is 4.17. The number of ether oxygens (including phenoxy) is 1. The van der Waals surface area contributed by atoms with Crippen LogP contribution in [0.5, 0.6) is 0 Å². The van der Waals surface area contributed by atoms with Crippen LogP contribution in [-0.2, 0) is 10.2 Å². The molecular weight excluding hydrogens is 169 g/mol. The van der Waals surface area contributed by atoms with E-state index in [2.05, 4.69) is 4.98 Å². The third-order valence-corrected chi connectivity index (χ3v) is 2.01. The van der Waals surface area contributed by atoms with Gasteiger partial charge in [-0.05, 0) is 17.7 Å². The van der Waals surface area contributed by atoms with Crippen molar-refractivity contribution in [1.82, 2.24) is 4.98 Å². The van der Waals surface area contributed by atoms with E-state index in [4.69, 9.17) is 4.74 Å². The summed E-state index contributed by atoms with van der Waals surface area (Å²) < 4.78 is 17.8. The van der Waals surface area contributed by atoms with Gasteiger partial charge in [-0.2, -0.15) is 4.39 Å². The first-order chi connectivity index (χ1) is 6.06. The molecule has 1 rings (SSSR count). The van der Waals surface area contributed by atoms with Crippen LogP contribution in [0.15, 0.2) is 18.3 Å². The van der Waals surface area contributed by atoms with E-state index in [0.717, 1.165) is 5.56 Å². The van der Waals surface area contributed by atoms with Crippen molar-refractivity contribution < 1.29 is 9.13 Å². The maximum atomic E-state index is 12.8. The molecule has 0 saturated carbocycles. The quantitative estimate of drug-likeness (QED) is 0.670. The van der Waals surface area contributed by atoms with Gasteiger partial charge in [-0.15, -0.1) is 0 Å². The van der Waals surface area contributed by atoms with Crippen molar-refractivity contribution in [2.75, 3.05) is 13.7 Å². The lowest BCUT2D eigenvalue weighted by molar-refractivity contribution is 0.146. The Balaban J connectivity index is 2.93. The molecule has 0 aliphatic heterocycles. The summed E-state index contributed by atoms with van der Waals surface area (Å²) in [6, 6.07) is 3.25. The smallest absolute Gasteiger partial charge is 0.213 e. The molecule has 1 aromatic heterocycles. The summed E-state index contributed by atoms with van der Waals surface area (Å²) in [5.74, 6) is -0.443. The van der Waals surface area contributed by atoms with Crippen molar-refractivity contribution in [3.8, 4) is 0 Å². The van der Waals surface area contributed by atoms with Gasteiger partial charge in [0.2, 0.25) is 5.95 Å². The minimum absolute atomic E-state index is 0.168. The van der Waals surface area contributed by atoms with Crippen LogP contribution >= 0.6 is 0 Å². The second kappa shape index (κ2) is 3.83. The molecule has 0 aliphatic carbocycles. The van der Waals surface area contributed by atoms with Crippen LogP contribution in [0, 0.1) is 5.95 Å². The van der Waals surface area contributed by atoms with Crippen molar-refractivity contribution in [2.24, 2.45) is 0 Å². The average Bonchev–Trinajstić information content (AvgIpc) is 2.04. The van der Waals surface area contributed by atoms with E-state index in [1.807, 2.05) is 19.9 Å². The minimum Gasteiger partial charge on any atom is -0.384 e. The molecule has 13 heavy (non-hydrogen) atoms. The standard InChI is InChI=1S/C10H14FNO/c1-10(2,7-13-3)8-4-5-12-9(11)6-8/h4-6H,7H2,1-3H3. The molecule has 2 nitrogen and oxygen atoms in total. The highest BCUT2D eigenvalue weighted by Gasteiger charge is 2.20. The summed E-state index contributed by atoms with van der Waals surface area (Å²) in [5.41, 5.74) is 0.736. The van der Waals surface area contributed by atoms with Crippen LogP contribution in [0.2, 0.25) is 0 Å². The maximum Gasteiger partial charge on any atom is 0.213 e. The van der Waals surface area contributed by atoms with Crippen molar-refractivity contribution in [3.05, 3.63) is 29.8 Å². The van der Waals surface area contributed by atoms with Gasteiger partial charge in [0, 0.05) is 18.7 Å². The molecule has 0 fully saturated rings. The number of methoxy groups -OCH3 is 1. The fourth-order valence-corrected chi connectivity index (χ4v) is 1.27. The Morgan fingerprint density at radius 1 is 1.54 bits per heavy atom. The molecule has 0 unspecified atom stereocenters. The first kappa shape index (κ1) is 10.1. The Labute approximate surface area is 77.8 Å². The molecule has 0 spiro atoms. The molecule has 1 heterocycles. The Hall–Kier alpha value is -0.960. The second-order valence-corrected chi connectivity index (χ2v) is 3.68. The molecule has 0 amide bonds. The number of rotatable bonds is 3. The largest absolute Gasteiger partial charge is 0.384 e. The van der Waals surface area contributed by atoms with Crippen molar-refractivity contribution in [2.45, 2.75) is 19.3 Å². The second-order valence-electron chi connectivity index (χ2n) is 3.68. The SMILES string of the molecule is COCC(C)(C)c1ccnc(F)c1. The summed E-state index contributed by atoms with van der Waals surface area (Å²) in [5, 5.41) is 0. The van der Waals surface area contributed by atoms with Gasteiger partial charge in [0.15, 0.2) is 0 Å². The number of nitrogens with zero attached hydrogens (tertiary/aromatic N) is 1. The molecule has 0 bridgehead atoms. The van der Waals surface area contributed by atoms with E-state index < -0.39 is 5.95 Å². The van der Waals surface area contributed by atoms with Crippen molar-refractivity contribution in [1.29, 1.82) is 0 Å². The van der Waals surface area contributed by atoms with Gasteiger partial charge in [-0.25, -0.2) is 4.98 Å². The molecule has 3 heteroatoms. The molecule has 0 radical (unpaired) electrons. The zero-order valence-corrected chi connectivity index (χ0v) is 8.17. The summed E-state index contributed by atoms with van der Waals surface area (Å²) >= 11 is 0. The van der Waals surface area contributed by atoms with E-state index in [1.54, 1.807) is 7.11 Å². The monoisotopic (exact) mass is 183 g/mol. The predicted octanol–water partition coefficient (Wildman–Crippen LogP) is 2.14. The highest BCUT2D eigenvalue weighted by molar-refractivity contribution is 5.21. The van der Waals surface area contributed by atoms with Gasteiger partial charge in [0.05, 0.1) is 6.61 Å². The van der Waals surface area contributed by atoms with Gasteiger partial charge in [0.1, 0.15) is 0 Å². The van der Waals surface area contributed by atoms with Crippen molar-refractivity contribution in [3.63, 3.8) is 0 Å². The van der Waals surface area contributed by atoms with Gasteiger partial charge >= 0.3 is 0 Å². The van der Waals surface area contributed by atoms with E-state index in [0.29, 0.717) is 6.61 Å². The topological polar surface area (TPSA) is 22.1 Å². The number of hydrogen-bond donors (Lipinski definition) is 0. The van der Waals surface area contributed by atoms with Crippen LogP contribution in [0.4, 0.5) is 4.39 Å². The lowest BCUT2D eigenvalue weighted by Gasteiger charge is -2.23. The predicted molar refractivity (Wildman–Crippen MR) is 49.1 cm³/mol. The normalized spacial score (nSPS) is 11.7. The first-order valence-electron chi connectivity index (χ1n) is 4.17. The van der Waals surface area contributed by atoms with Gasteiger partial charge in [-0.3, -0.25) is 0 Å². The molecule has 0 aromatic carbocycles. The van der Waals surface area contributed by atoms with Crippen LogP contribution in [0.25, 0.3) is 0 Å². The molecule has 1 aromatic rings. The highest BCUT2D eigenvalue weighted by Crippen LogP contribution is 2.22. The van der Waals surface area contributed by atoms with E-state index in [-0.39, 0.29) is 5.41 Å². The van der Waals surface area contributed by atoms with E-state index in [1.165, 1.54) is 12.3 Å². The molecule has 72 valence electrons. The van der Waals surface area contributed by atoms with Gasteiger partial charge in [0.25, 0.3) is 0 Å². The number of hydrogen-bond acceptors (Lipinski definition) is 2. The van der Waals surface area contributed by atoms with Crippen LogP contribution < -0.4 is 0 Å². The molecule has 0 N–H and O–H groups in total. The number of pyridine rings is 1. The Morgan fingerprint density at radius 3 is 2.77 bits per heavy atom. The van der Waals surface area contributed by atoms with Crippen LogP contribution in [0.3, 0.4) is 0 Å². The van der Waals surface area contributed by atoms with Crippen LogP contribution in [-0.4, -0.2) is 18.7 Å². The lowest BCUT2D eigenvalue weighted by atomic mass is 9.86. The molecule has 0 atom stereocenters. The number of halogens is 1. The third kappa shape index (κ3) is 2.49. The fraction of sp³-hybridized carbons (Fsp3) is 0.500. The van der Waals surface area contributed by atoms with E-state index in [9.17, 15) is 4.39 Å². The average molecular weight is 183 g/mol. The Bertz CT molecular complexity index is 286.